The highest BCUT2D eigenvalue weighted by molar-refractivity contribution is 6.30. The molecule has 2 aliphatic rings. The molecule has 156 valence electrons. The summed E-state index contributed by atoms with van der Waals surface area (Å²) in [5.74, 6) is 3.95. The Bertz CT molecular complexity index is 1030. The Hall–Kier alpha value is -2.17. The molecule has 2 saturated carbocycles. The van der Waals surface area contributed by atoms with Crippen LogP contribution in [0.5, 0.6) is 0 Å². The van der Waals surface area contributed by atoms with Crippen molar-refractivity contribution in [2.45, 2.75) is 38.1 Å². The van der Waals surface area contributed by atoms with E-state index in [4.69, 9.17) is 21.1 Å². The van der Waals surface area contributed by atoms with E-state index in [0.717, 1.165) is 16.5 Å². The van der Waals surface area contributed by atoms with Gasteiger partial charge in [0.05, 0.1) is 0 Å². The molecule has 2 fully saturated rings. The highest BCUT2D eigenvalue weighted by Gasteiger charge is 2.57. The van der Waals surface area contributed by atoms with Crippen molar-refractivity contribution in [3.8, 4) is 11.4 Å². The lowest BCUT2D eigenvalue weighted by Crippen LogP contribution is -2.29. The molecular formula is C25H28ClN3O. The maximum Gasteiger partial charge on any atom is 0.230 e. The summed E-state index contributed by atoms with van der Waals surface area (Å²) in [4.78, 5) is 7.13. The average molecular weight is 422 g/mol. The van der Waals surface area contributed by atoms with Crippen molar-refractivity contribution >= 4 is 11.6 Å². The van der Waals surface area contributed by atoms with Crippen LogP contribution in [0.4, 0.5) is 0 Å². The first-order valence-electron chi connectivity index (χ1n) is 10.8. The monoisotopic (exact) mass is 421 g/mol. The van der Waals surface area contributed by atoms with Gasteiger partial charge in [0.1, 0.15) is 0 Å². The number of fused-ring (bicyclic) bond motifs is 1. The fourth-order valence-electron chi connectivity index (χ4n) is 5.61. The third-order valence-electron chi connectivity index (χ3n) is 6.99. The Kier molecular flexibility index (Phi) is 5.16. The van der Waals surface area contributed by atoms with Gasteiger partial charge in [0.25, 0.3) is 0 Å². The van der Waals surface area contributed by atoms with E-state index in [1.54, 1.807) is 0 Å². The number of benzene rings is 2. The van der Waals surface area contributed by atoms with Gasteiger partial charge in [0, 0.05) is 22.5 Å². The first-order valence-corrected chi connectivity index (χ1v) is 11.2. The molecule has 0 saturated heterocycles. The summed E-state index contributed by atoms with van der Waals surface area (Å²) in [6, 6.07) is 17.1. The molecule has 4 nitrogen and oxygen atoms in total. The summed E-state index contributed by atoms with van der Waals surface area (Å²) in [5, 5.41) is 5.07. The van der Waals surface area contributed by atoms with Crippen molar-refractivity contribution < 1.29 is 4.52 Å². The zero-order chi connectivity index (χ0) is 20.8. The Labute approximate surface area is 183 Å². The van der Waals surface area contributed by atoms with Gasteiger partial charge in [0.2, 0.25) is 11.7 Å². The lowest BCUT2D eigenvalue weighted by atomic mass is 9.80. The van der Waals surface area contributed by atoms with Gasteiger partial charge in [-0.25, -0.2) is 0 Å². The van der Waals surface area contributed by atoms with Gasteiger partial charge in [0.15, 0.2) is 0 Å². The number of rotatable bonds is 5. The van der Waals surface area contributed by atoms with Crippen LogP contribution in [0.1, 0.15) is 48.2 Å². The normalized spacial score (nSPS) is 26.4. The van der Waals surface area contributed by atoms with E-state index >= 15 is 0 Å². The summed E-state index contributed by atoms with van der Waals surface area (Å²) < 4.78 is 5.73. The minimum atomic E-state index is 0.412. The molecule has 0 radical (unpaired) electrons. The van der Waals surface area contributed by atoms with Gasteiger partial charge in [-0.05, 0) is 81.8 Å². The van der Waals surface area contributed by atoms with Crippen LogP contribution in [0.25, 0.3) is 11.4 Å². The van der Waals surface area contributed by atoms with E-state index < -0.39 is 0 Å². The molecule has 2 aromatic carbocycles. The van der Waals surface area contributed by atoms with Crippen LogP contribution >= 0.6 is 11.6 Å². The molecule has 0 aliphatic heterocycles. The number of hydrogen-bond donors (Lipinski definition) is 0. The molecule has 1 heterocycles. The lowest BCUT2D eigenvalue weighted by Gasteiger charge is -2.35. The van der Waals surface area contributed by atoms with E-state index in [-0.39, 0.29) is 0 Å². The molecule has 3 aromatic rings. The molecule has 0 amide bonds. The third-order valence-corrected chi connectivity index (χ3v) is 7.25. The lowest BCUT2D eigenvalue weighted by molar-refractivity contribution is 0.166. The van der Waals surface area contributed by atoms with Crippen LogP contribution in [-0.2, 0) is 0 Å². The van der Waals surface area contributed by atoms with E-state index in [0.29, 0.717) is 35.5 Å². The Morgan fingerprint density at radius 2 is 1.87 bits per heavy atom. The van der Waals surface area contributed by atoms with E-state index in [9.17, 15) is 0 Å². The molecule has 0 N–H and O–H groups in total. The number of halogens is 1. The van der Waals surface area contributed by atoms with Crippen LogP contribution in [0, 0.1) is 24.7 Å². The molecule has 5 atom stereocenters. The van der Waals surface area contributed by atoms with Gasteiger partial charge >= 0.3 is 0 Å². The van der Waals surface area contributed by atoms with Gasteiger partial charge in [-0.3, -0.25) is 0 Å². The van der Waals surface area contributed by atoms with Gasteiger partial charge < -0.3 is 9.42 Å². The quantitative estimate of drug-likeness (QED) is 0.496. The maximum atomic E-state index is 6.12. The molecule has 2 aliphatic carbocycles. The molecule has 5 heteroatoms. The van der Waals surface area contributed by atoms with Crippen molar-refractivity contribution in [2.24, 2.45) is 17.8 Å². The Balaban J connectivity index is 1.32. The van der Waals surface area contributed by atoms with Crippen LogP contribution in [0.3, 0.4) is 0 Å². The summed E-state index contributed by atoms with van der Waals surface area (Å²) in [6.45, 7) is 2.09. The number of hydrogen-bond acceptors (Lipinski definition) is 4. The minimum absolute atomic E-state index is 0.412. The van der Waals surface area contributed by atoms with Crippen LogP contribution in [-0.4, -0.2) is 29.1 Å². The molecular weight excluding hydrogens is 394 g/mol. The predicted molar refractivity (Wildman–Crippen MR) is 119 cm³/mol. The maximum absolute atomic E-state index is 6.12. The second kappa shape index (κ2) is 7.82. The Morgan fingerprint density at radius 1 is 1.07 bits per heavy atom. The van der Waals surface area contributed by atoms with Crippen molar-refractivity contribution in [1.82, 2.24) is 15.0 Å². The van der Waals surface area contributed by atoms with E-state index in [2.05, 4.69) is 55.3 Å². The molecule has 5 unspecified atom stereocenters. The minimum Gasteiger partial charge on any atom is -0.339 e. The first kappa shape index (κ1) is 19.8. The molecule has 5 rings (SSSR count). The fourth-order valence-corrected chi connectivity index (χ4v) is 5.74. The summed E-state index contributed by atoms with van der Waals surface area (Å²) in [5.41, 5.74) is 3.59. The van der Waals surface area contributed by atoms with Crippen LogP contribution < -0.4 is 0 Å². The third kappa shape index (κ3) is 3.67. The van der Waals surface area contributed by atoms with Gasteiger partial charge in [-0.15, -0.1) is 0 Å². The number of aryl methyl sites for hydroxylation is 1. The number of aromatic nitrogens is 2. The summed E-state index contributed by atoms with van der Waals surface area (Å²) in [6.07, 6.45) is 3.69. The van der Waals surface area contributed by atoms with E-state index in [1.807, 2.05) is 24.3 Å². The zero-order valence-corrected chi connectivity index (χ0v) is 18.5. The van der Waals surface area contributed by atoms with Crippen LogP contribution in [0.2, 0.25) is 5.02 Å². The topological polar surface area (TPSA) is 42.2 Å². The molecule has 1 aromatic heterocycles. The second-order valence-corrected chi connectivity index (χ2v) is 9.65. The largest absolute Gasteiger partial charge is 0.339 e. The van der Waals surface area contributed by atoms with Crippen molar-refractivity contribution in [3.05, 3.63) is 70.6 Å². The van der Waals surface area contributed by atoms with E-state index in [1.165, 1.54) is 30.4 Å². The van der Waals surface area contributed by atoms with Crippen molar-refractivity contribution in [2.75, 3.05) is 14.1 Å². The highest BCUT2D eigenvalue weighted by atomic mass is 35.5. The van der Waals surface area contributed by atoms with Crippen molar-refractivity contribution in [3.63, 3.8) is 0 Å². The smallest absolute Gasteiger partial charge is 0.230 e. The van der Waals surface area contributed by atoms with Crippen molar-refractivity contribution in [1.29, 1.82) is 0 Å². The molecule has 30 heavy (non-hydrogen) atoms. The summed E-state index contributed by atoms with van der Waals surface area (Å²) >= 11 is 6.12. The SMILES string of the molecule is Cc1cccc(-c2noc(C3C4CCC(C(c5ccc(Cl)cc5)N(C)C)CC43)n2)c1. The summed E-state index contributed by atoms with van der Waals surface area (Å²) in [7, 11) is 4.36. The molecule has 0 spiro atoms. The fraction of sp³-hybridized carbons (Fsp3) is 0.440. The number of nitrogens with zero attached hydrogens (tertiary/aromatic N) is 3. The second-order valence-electron chi connectivity index (χ2n) is 9.21. The van der Waals surface area contributed by atoms with Gasteiger partial charge in [-0.2, -0.15) is 4.98 Å². The van der Waals surface area contributed by atoms with Gasteiger partial charge in [-0.1, -0.05) is 52.7 Å². The first-order chi connectivity index (χ1) is 14.5. The Morgan fingerprint density at radius 3 is 2.60 bits per heavy atom. The standard InChI is InChI=1S/C25H28ClN3O/c1-15-5-4-6-18(13-15)24-27-25(30-28-24)22-20-12-9-17(14-21(20)22)23(29(2)3)16-7-10-19(26)11-8-16/h4-8,10-11,13,17,20-23H,9,12,14H2,1-3H3. The zero-order valence-electron chi connectivity index (χ0n) is 17.8. The average Bonchev–Trinajstić information content (AvgIpc) is 3.22. The molecule has 0 bridgehead atoms. The predicted octanol–water partition coefficient (Wildman–Crippen LogP) is 6.13. The highest BCUT2D eigenvalue weighted by Crippen LogP contribution is 2.63. The van der Waals surface area contributed by atoms with Crippen LogP contribution in [0.15, 0.2) is 53.1 Å².